The summed E-state index contributed by atoms with van der Waals surface area (Å²) in [5.41, 5.74) is 2.30. The van der Waals surface area contributed by atoms with Gasteiger partial charge in [0.25, 0.3) is 17.7 Å². The molecular weight excluding hydrogens is 408 g/mol. The van der Waals surface area contributed by atoms with E-state index in [1.807, 2.05) is 30.3 Å². The minimum absolute atomic E-state index is 0.183. The number of rotatable bonds is 6. The van der Waals surface area contributed by atoms with Crippen molar-refractivity contribution < 1.29 is 23.9 Å². The average molecular weight is 430 g/mol. The first kappa shape index (κ1) is 21.1. The molecule has 3 aromatic rings. The van der Waals surface area contributed by atoms with Crippen LogP contribution in [0.4, 0.5) is 5.69 Å². The van der Waals surface area contributed by atoms with Gasteiger partial charge in [0.15, 0.2) is 11.5 Å². The van der Waals surface area contributed by atoms with Gasteiger partial charge in [-0.3, -0.25) is 19.3 Å². The first-order valence-electron chi connectivity index (χ1n) is 9.99. The average Bonchev–Trinajstić information content (AvgIpc) is 3.07. The van der Waals surface area contributed by atoms with Gasteiger partial charge in [-0.15, -0.1) is 0 Å². The standard InChI is InChI=1S/C25H22N2O5/c1-26(18-10-12-21(31-2)22(14-18)32-3)23(28)17-9-11-19-20(13-17)25(30)27(24(19)29)15-16-7-5-4-6-8-16/h4-14H,15H2,1-3H3. The van der Waals surface area contributed by atoms with Gasteiger partial charge < -0.3 is 14.4 Å². The summed E-state index contributed by atoms with van der Waals surface area (Å²) in [6.07, 6.45) is 0. The number of benzene rings is 3. The Bertz CT molecular complexity index is 1210. The summed E-state index contributed by atoms with van der Waals surface area (Å²) >= 11 is 0. The summed E-state index contributed by atoms with van der Waals surface area (Å²) in [6.45, 7) is 0.183. The summed E-state index contributed by atoms with van der Waals surface area (Å²) in [4.78, 5) is 41.4. The highest BCUT2D eigenvalue weighted by Gasteiger charge is 2.36. The number of carbonyl (C=O) groups excluding carboxylic acids is 3. The molecule has 0 atom stereocenters. The van der Waals surface area contributed by atoms with Gasteiger partial charge in [0.2, 0.25) is 0 Å². The Morgan fingerprint density at radius 2 is 1.53 bits per heavy atom. The monoisotopic (exact) mass is 430 g/mol. The van der Waals surface area contributed by atoms with Crippen molar-refractivity contribution >= 4 is 23.4 Å². The fourth-order valence-corrected chi connectivity index (χ4v) is 3.68. The highest BCUT2D eigenvalue weighted by molar-refractivity contribution is 6.22. The van der Waals surface area contributed by atoms with Gasteiger partial charge in [0, 0.05) is 24.4 Å². The first-order valence-corrected chi connectivity index (χ1v) is 9.99. The molecule has 0 saturated carbocycles. The molecule has 0 radical (unpaired) electrons. The van der Waals surface area contributed by atoms with Crippen LogP contribution in [0.5, 0.6) is 11.5 Å². The quantitative estimate of drug-likeness (QED) is 0.557. The summed E-state index contributed by atoms with van der Waals surface area (Å²) in [5, 5.41) is 0. The zero-order chi connectivity index (χ0) is 22.8. The van der Waals surface area contributed by atoms with E-state index in [1.54, 1.807) is 31.3 Å². The fourth-order valence-electron chi connectivity index (χ4n) is 3.68. The molecule has 7 nitrogen and oxygen atoms in total. The van der Waals surface area contributed by atoms with Gasteiger partial charge in [-0.2, -0.15) is 0 Å². The van der Waals surface area contributed by atoms with Crippen LogP contribution in [0.1, 0.15) is 36.6 Å². The van der Waals surface area contributed by atoms with Crippen molar-refractivity contribution in [2.24, 2.45) is 0 Å². The van der Waals surface area contributed by atoms with E-state index >= 15 is 0 Å². The number of fused-ring (bicyclic) bond motifs is 1. The molecule has 0 spiro atoms. The Kier molecular flexibility index (Phi) is 5.64. The summed E-state index contributed by atoms with van der Waals surface area (Å²) in [6, 6.07) is 19.0. The molecule has 0 fully saturated rings. The normalized spacial score (nSPS) is 12.5. The van der Waals surface area contributed by atoms with Crippen LogP contribution in [0.3, 0.4) is 0 Å². The Labute approximate surface area is 185 Å². The number of anilines is 1. The third-order valence-corrected chi connectivity index (χ3v) is 5.46. The van der Waals surface area contributed by atoms with E-state index in [1.165, 1.54) is 36.2 Å². The lowest BCUT2D eigenvalue weighted by molar-refractivity contribution is 0.0642. The molecule has 4 rings (SSSR count). The maximum absolute atomic E-state index is 13.1. The van der Waals surface area contributed by atoms with Crippen molar-refractivity contribution in [1.82, 2.24) is 4.90 Å². The van der Waals surface area contributed by atoms with E-state index < -0.39 is 5.91 Å². The number of hydrogen-bond donors (Lipinski definition) is 0. The zero-order valence-corrected chi connectivity index (χ0v) is 18.0. The van der Waals surface area contributed by atoms with Crippen LogP contribution in [0, 0.1) is 0 Å². The van der Waals surface area contributed by atoms with Gasteiger partial charge >= 0.3 is 0 Å². The Morgan fingerprint density at radius 1 is 0.844 bits per heavy atom. The van der Waals surface area contributed by atoms with Gasteiger partial charge in [-0.1, -0.05) is 30.3 Å². The van der Waals surface area contributed by atoms with Crippen molar-refractivity contribution in [1.29, 1.82) is 0 Å². The Morgan fingerprint density at radius 3 is 2.22 bits per heavy atom. The minimum atomic E-state index is -0.405. The molecular formula is C25H22N2O5. The first-order chi connectivity index (χ1) is 15.4. The Balaban J connectivity index is 1.59. The van der Waals surface area contributed by atoms with Crippen LogP contribution < -0.4 is 14.4 Å². The number of ether oxygens (including phenoxy) is 2. The SMILES string of the molecule is COc1ccc(N(C)C(=O)c2ccc3c(c2)C(=O)N(Cc2ccccc2)C3=O)cc1OC. The van der Waals surface area contributed by atoms with E-state index in [-0.39, 0.29) is 23.9 Å². The third kappa shape index (κ3) is 3.69. The van der Waals surface area contributed by atoms with Gasteiger partial charge in [-0.25, -0.2) is 0 Å². The predicted molar refractivity (Wildman–Crippen MR) is 119 cm³/mol. The molecule has 0 aliphatic carbocycles. The van der Waals surface area contributed by atoms with E-state index in [4.69, 9.17) is 9.47 Å². The molecule has 1 heterocycles. The number of amides is 3. The van der Waals surface area contributed by atoms with E-state index in [9.17, 15) is 14.4 Å². The lowest BCUT2D eigenvalue weighted by atomic mass is 10.0. The van der Waals surface area contributed by atoms with Gasteiger partial charge in [0.1, 0.15) is 0 Å². The van der Waals surface area contributed by atoms with Crippen molar-refractivity contribution in [2.75, 3.05) is 26.2 Å². The lowest BCUT2D eigenvalue weighted by Gasteiger charge is -2.19. The van der Waals surface area contributed by atoms with Crippen molar-refractivity contribution in [3.05, 3.63) is 89.0 Å². The topological polar surface area (TPSA) is 76.2 Å². The molecule has 0 bridgehead atoms. The van der Waals surface area contributed by atoms with Gasteiger partial charge in [0.05, 0.1) is 31.9 Å². The molecule has 0 saturated heterocycles. The summed E-state index contributed by atoms with van der Waals surface area (Å²) < 4.78 is 10.5. The van der Waals surface area contributed by atoms with Crippen molar-refractivity contribution in [3.8, 4) is 11.5 Å². The molecule has 32 heavy (non-hydrogen) atoms. The molecule has 1 aliphatic heterocycles. The second-order valence-electron chi connectivity index (χ2n) is 7.35. The second kappa shape index (κ2) is 8.55. The maximum Gasteiger partial charge on any atom is 0.261 e. The van der Waals surface area contributed by atoms with Crippen molar-refractivity contribution in [2.45, 2.75) is 6.54 Å². The minimum Gasteiger partial charge on any atom is -0.493 e. The van der Waals surface area contributed by atoms with Gasteiger partial charge in [-0.05, 0) is 35.9 Å². The van der Waals surface area contributed by atoms with Crippen LogP contribution >= 0.6 is 0 Å². The maximum atomic E-state index is 13.1. The molecule has 3 amide bonds. The number of carbonyl (C=O) groups is 3. The second-order valence-corrected chi connectivity index (χ2v) is 7.35. The highest BCUT2D eigenvalue weighted by atomic mass is 16.5. The van der Waals surface area contributed by atoms with E-state index in [0.29, 0.717) is 28.3 Å². The molecule has 3 aromatic carbocycles. The molecule has 0 N–H and O–H groups in total. The number of imide groups is 1. The van der Waals surface area contributed by atoms with Crippen LogP contribution in [-0.4, -0.2) is 43.9 Å². The number of hydrogen-bond acceptors (Lipinski definition) is 5. The highest BCUT2D eigenvalue weighted by Crippen LogP contribution is 2.32. The molecule has 162 valence electrons. The van der Waals surface area contributed by atoms with Crippen LogP contribution in [0.15, 0.2) is 66.7 Å². The van der Waals surface area contributed by atoms with Crippen molar-refractivity contribution in [3.63, 3.8) is 0 Å². The zero-order valence-electron chi connectivity index (χ0n) is 18.0. The molecule has 0 unspecified atom stereocenters. The summed E-state index contributed by atoms with van der Waals surface area (Å²) in [5.74, 6) is -0.0340. The largest absolute Gasteiger partial charge is 0.493 e. The smallest absolute Gasteiger partial charge is 0.261 e. The van der Waals surface area contributed by atoms with E-state index in [2.05, 4.69) is 0 Å². The fraction of sp³-hybridized carbons (Fsp3) is 0.160. The van der Waals surface area contributed by atoms with Crippen LogP contribution in [0.2, 0.25) is 0 Å². The molecule has 1 aliphatic rings. The van der Waals surface area contributed by atoms with Crippen LogP contribution in [-0.2, 0) is 6.54 Å². The number of nitrogens with zero attached hydrogens (tertiary/aromatic N) is 2. The van der Waals surface area contributed by atoms with Crippen LogP contribution in [0.25, 0.3) is 0 Å². The summed E-state index contributed by atoms with van der Waals surface area (Å²) in [7, 11) is 4.69. The molecule has 7 heteroatoms. The van der Waals surface area contributed by atoms with E-state index in [0.717, 1.165) is 5.56 Å². The number of methoxy groups -OCH3 is 2. The Hall–Kier alpha value is -4.13. The molecule has 0 aromatic heterocycles. The lowest BCUT2D eigenvalue weighted by Crippen LogP contribution is -2.29. The third-order valence-electron chi connectivity index (χ3n) is 5.46. The predicted octanol–water partition coefficient (Wildman–Crippen LogP) is 3.78.